The van der Waals surface area contributed by atoms with E-state index in [1.165, 1.54) is 6.08 Å². The number of allylic oxidation sites excluding steroid dienone is 2. The summed E-state index contributed by atoms with van der Waals surface area (Å²) in [7, 11) is -5.60. The fourth-order valence-electron chi connectivity index (χ4n) is 1.89. The quantitative estimate of drug-likeness (QED) is 0.575. The van der Waals surface area contributed by atoms with Crippen molar-refractivity contribution in [1.29, 1.82) is 0 Å². The van der Waals surface area contributed by atoms with Gasteiger partial charge in [-0.1, -0.05) is 6.08 Å². The minimum absolute atomic E-state index is 0.198. The zero-order valence-corrected chi connectivity index (χ0v) is 9.91. The van der Waals surface area contributed by atoms with Crippen LogP contribution in [0.2, 0.25) is 0 Å². The first-order chi connectivity index (χ1) is 8.31. The summed E-state index contributed by atoms with van der Waals surface area (Å²) in [5.41, 5.74) is -5.41. The highest BCUT2D eigenvalue weighted by Crippen LogP contribution is 2.35. The van der Waals surface area contributed by atoms with E-state index in [-0.39, 0.29) is 11.8 Å². The van der Waals surface area contributed by atoms with Gasteiger partial charge in [-0.15, -0.1) is 0 Å². The molecule has 1 aliphatic heterocycles. The zero-order chi connectivity index (χ0) is 13.4. The monoisotopic (exact) mass is 281 g/mol. The number of fused-ring (bicyclic) bond motifs is 1. The van der Waals surface area contributed by atoms with Gasteiger partial charge < -0.3 is 4.18 Å². The van der Waals surface area contributed by atoms with Crippen molar-refractivity contribution in [1.82, 2.24) is 0 Å². The van der Waals surface area contributed by atoms with Crippen LogP contribution in [0.25, 0.3) is 0 Å². The van der Waals surface area contributed by atoms with E-state index in [2.05, 4.69) is 9.18 Å². The number of alkyl halides is 3. The Morgan fingerprint density at radius 1 is 1.39 bits per heavy atom. The number of aliphatic imine (C=N–C) groups is 1. The van der Waals surface area contributed by atoms with Crippen LogP contribution < -0.4 is 0 Å². The molecule has 2 unspecified atom stereocenters. The minimum Gasteiger partial charge on any atom is -0.380 e. The first-order valence-electron chi connectivity index (χ1n) is 5.22. The largest absolute Gasteiger partial charge is 0.534 e. The van der Waals surface area contributed by atoms with Crippen molar-refractivity contribution < 1.29 is 25.8 Å². The van der Waals surface area contributed by atoms with E-state index in [1.54, 1.807) is 18.4 Å². The molecule has 0 N–H and O–H groups in total. The van der Waals surface area contributed by atoms with Gasteiger partial charge in [-0.2, -0.15) is 21.6 Å². The molecular formula is C10H10F3NO3S. The van der Waals surface area contributed by atoms with Gasteiger partial charge in [-0.05, 0) is 25.0 Å². The molecule has 2 aliphatic rings. The Labute approximate surface area is 102 Å². The summed E-state index contributed by atoms with van der Waals surface area (Å²) in [6.45, 7) is 0. The van der Waals surface area contributed by atoms with Gasteiger partial charge in [-0.25, -0.2) is 0 Å². The van der Waals surface area contributed by atoms with Crippen LogP contribution in [-0.4, -0.2) is 26.2 Å². The molecule has 0 radical (unpaired) electrons. The van der Waals surface area contributed by atoms with E-state index in [1.807, 2.05) is 0 Å². The van der Waals surface area contributed by atoms with Crippen LogP contribution in [0.5, 0.6) is 0 Å². The third-order valence-corrected chi connectivity index (χ3v) is 3.70. The number of nitrogens with zero attached hydrogens (tertiary/aromatic N) is 1. The van der Waals surface area contributed by atoms with Crippen molar-refractivity contribution >= 4 is 16.3 Å². The van der Waals surface area contributed by atoms with Crippen molar-refractivity contribution in [3.05, 3.63) is 24.0 Å². The van der Waals surface area contributed by atoms with Gasteiger partial charge in [0.1, 0.15) is 5.76 Å². The van der Waals surface area contributed by atoms with E-state index in [4.69, 9.17) is 0 Å². The molecule has 18 heavy (non-hydrogen) atoms. The summed E-state index contributed by atoms with van der Waals surface area (Å²) < 4.78 is 62.8. The predicted molar refractivity (Wildman–Crippen MR) is 58.3 cm³/mol. The smallest absolute Gasteiger partial charge is 0.380 e. The molecule has 0 amide bonds. The number of hydrogen-bond acceptors (Lipinski definition) is 4. The van der Waals surface area contributed by atoms with Crippen LogP contribution in [0.1, 0.15) is 12.8 Å². The zero-order valence-electron chi connectivity index (χ0n) is 9.09. The fraction of sp³-hybridized carbons (Fsp3) is 0.500. The third kappa shape index (κ3) is 2.43. The molecule has 0 bridgehead atoms. The van der Waals surface area contributed by atoms with E-state index < -0.39 is 21.5 Å². The van der Waals surface area contributed by atoms with Gasteiger partial charge >= 0.3 is 15.6 Å². The van der Waals surface area contributed by atoms with Gasteiger partial charge in [0.05, 0.1) is 12.0 Å². The molecule has 0 aromatic heterocycles. The number of halogens is 3. The number of hydrogen-bond donors (Lipinski definition) is 0. The van der Waals surface area contributed by atoms with Crippen molar-refractivity contribution in [3.8, 4) is 0 Å². The van der Waals surface area contributed by atoms with Gasteiger partial charge in [0.25, 0.3) is 0 Å². The average Bonchev–Trinajstić information content (AvgIpc) is 2.27. The van der Waals surface area contributed by atoms with Crippen molar-refractivity contribution in [3.63, 3.8) is 0 Å². The molecule has 0 saturated heterocycles. The van der Waals surface area contributed by atoms with Crippen LogP contribution in [-0.2, 0) is 14.3 Å². The molecular weight excluding hydrogens is 271 g/mol. The van der Waals surface area contributed by atoms with Crippen LogP contribution in [0.4, 0.5) is 13.2 Å². The van der Waals surface area contributed by atoms with E-state index in [0.29, 0.717) is 12.8 Å². The van der Waals surface area contributed by atoms with Crippen molar-refractivity contribution in [2.45, 2.75) is 24.4 Å². The summed E-state index contributed by atoms with van der Waals surface area (Å²) in [4.78, 5) is 4.09. The molecule has 0 aromatic carbocycles. The lowest BCUT2D eigenvalue weighted by Gasteiger charge is -2.28. The summed E-state index contributed by atoms with van der Waals surface area (Å²) in [5.74, 6) is -0.738. The molecule has 4 nitrogen and oxygen atoms in total. The van der Waals surface area contributed by atoms with Gasteiger partial charge in [-0.3, -0.25) is 4.99 Å². The molecule has 8 heteroatoms. The molecule has 2 atom stereocenters. The Hall–Kier alpha value is -1.31. The SMILES string of the molecule is O=S(=O)(OC1=CCCC2N=CC=CC12)C(F)(F)F. The van der Waals surface area contributed by atoms with Gasteiger partial charge in [0.15, 0.2) is 0 Å². The predicted octanol–water partition coefficient (Wildman–Crippen LogP) is 2.16. The molecule has 1 aliphatic carbocycles. The number of rotatable bonds is 2. The Bertz CT molecular complexity index is 519. The molecule has 0 spiro atoms. The van der Waals surface area contributed by atoms with Crippen molar-refractivity contribution in [2.75, 3.05) is 0 Å². The molecule has 0 saturated carbocycles. The van der Waals surface area contributed by atoms with E-state index in [0.717, 1.165) is 0 Å². The van der Waals surface area contributed by atoms with Crippen LogP contribution in [0.15, 0.2) is 29.0 Å². The fourth-order valence-corrected chi connectivity index (χ4v) is 2.41. The Balaban J connectivity index is 2.22. The normalized spacial score (nSPS) is 27.6. The molecule has 0 aromatic rings. The van der Waals surface area contributed by atoms with Crippen LogP contribution in [0, 0.1) is 5.92 Å². The summed E-state index contributed by atoms with van der Waals surface area (Å²) in [6, 6.07) is -0.251. The van der Waals surface area contributed by atoms with E-state index >= 15 is 0 Å². The lowest BCUT2D eigenvalue weighted by Crippen LogP contribution is -2.31. The minimum atomic E-state index is -5.60. The molecule has 0 fully saturated rings. The topological polar surface area (TPSA) is 55.7 Å². The van der Waals surface area contributed by atoms with Crippen molar-refractivity contribution in [2.24, 2.45) is 10.9 Å². The van der Waals surface area contributed by atoms with Crippen LogP contribution >= 0.6 is 0 Å². The summed E-state index contributed by atoms with van der Waals surface area (Å²) >= 11 is 0. The maximum Gasteiger partial charge on any atom is 0.534 e. The van der Waals surface area contributed by atoms with Gasteiger partial charge in [0, 0.05) is 6.21 Å². The standard InChI is InChI=1S/C10H10F3NO3S/c11-10(12,13)18(15,16)17-9-5-1-4-8-7(9)3-2-6-14-8/h2-3,5-8H,1,4H2. The molecule has 2 rings (SSSR count). The summed E-state index contributed by atoms with van der Waals surface area (Å²) in [6.07, 6.45) is 7.16. The summed E-state index contributed by atoms with van der Waals surface area (Å²) in [5, 5.41) is 0. The molecule has 1 heterocycles. The molecule has 100 valence electrons. The Kier molecular flexibility index (Phi) is 3.22. The number of dihydropyridines is 1. The second-order valence-corrected chi connectivity index (χ2v) is 5.48. The lowest BCUT2D eigenvalue weighted by atomic mass is 9.87. The Morgan fingerprint density at radius 2 is 2.11 bits per heavy atom. The maximum absolute atomic E-state index is 12.2. The lowest BCUT2D eigenvalue weighted by molar-refractivity contribution is -0.0527. The highest BCUT2D eigenvalue weighted by molar-refractivity contribution is 7.87. The van der Waals surface area contributed by atoms with Gasteiger partial charge in [0.2, 0.25) is 0 Å². The first kappa shape index (κ1) is 13.1. The third-order valence-electron chi connectivity index (χ3n) is 2.72. The average molecular weight is 281 g/mol. The van der Waals surface area contributed by atoms with E-state index in [9.17, 15) is 21.6 Å². The second-order valence-electron chi connectivity index (χ2n) is 3.94. The highest BCUT2D eigenvalue weighted by Gasteiger charge is 2.49. The maximum atomic E-state index is 12.2. The van der Waals surface area contributed by atoms with Crippen LogP contribution in [0.3, 0.4) is 0 Å². The second kappa shape index (κ2) is 4.42. The highest BCUT2D eigenvalue weighted by atomic mass is 32.2. The Morgan fingerprint density at radius 3 is 2.78 bits per heavy atom. The first-order valence-corrected chi connectivity index (χ1v) is 6.63.